The van der Waals surface area contributed by atoms with Gasteiger partial charge in [0.1, 0.15) is 12.4 Å². The van der Waals surface area contributed by atoms with Gasteiger partial charge in [-0.05, 0) is 18.4 Å². The number of nitrogens with two attached hydrogens (primary N) is 1. The minimum atomic E-state index is -4.38. The predicted octanol–water partition coefficient (Wildman–Crippen LogP) is 2.28. The second-order valence-corrected chi connectivity index (χ2v) is 7.44. The number of benzene rings is 1. The summed E-state index contributed by atoms with van der Waals surface area (Å²) in [6, 6.07) is 9.52. The molecule has 1 fully saturated rings. The average molecular weight is 463 g/mol. The van der Waals surface area contributed by atoms with Crippen molar-refractivity contribution in [1.29, 1.82) is 0 Å². The number of nitrogens with zero attached hydrogens (tertiary/aromatic N) is 6. The number of aromatic nitrogens is 5. The first-order chi connectivity index (χ1) is 15.8. The van der Waals surface area contributed by atoms with Gasteiger partial charge in [-0.25, -0.2) is 4.98 Å². The van der Waals surface area contributed by atoms with E-state index in [9.17, 15) is 18.0 Å². The van der Waals surface area contributed by atoms with Gasteiger partial charge in [0.25, 0.3) is 0 Å². The van der Waals surface area contributed by atoms with Crippen molar-refractivity contribution in [2.45, 2.75) is 31.5 Å². The second kappa shape index (κ2) is 9.48. The normalized spacial score (nSPS) is 15.1. The van der Waals surface area contributed by atoms with E-state index in [-0.39, 0.29) is 49.4 Å². The zero-order valence-corrected chi connectivity index (χ0v) is 17.3. The molecule has 0 saturated carbocycles. The van der Waals surface area contributed by atoms with Gasteiger partial charge in [0.2, 0.25) is 17.6 Å². The van der Waals surface area contributed by atoms with Crippen LogP contribution in [0.2, 0.25) is 0 Å². The van der Waals surface area contributed by atoms with Crippen molar-refractivity contribution in [1.82, 2.24) is 30.0 Å². The number of carbonyl (C=O) groups excluding carboxylic acids is 1. The number of likely N-dealkylation sites (tertiary alicyclic amines) is 1. The highest BCUT2D eigenvalue weighted by Gasteiger charge is 2.32. The minimum Gasteiger partial charge on any atom is -0.369 e. The SMILES string of the molecule is Nc1nc(Cc2ccccc2)nc(-c2noc(C(=O)N3CCC(OCC(F)(F)F)CC3)n2)n1. The van der Waals surface area contributed by atoms with Gasteiger partial charge in [-0.3, -0.25) is 4.79 Å². The number of hydrogen-bond acceptors (Lipinski definition) is 9. The Labute approximate surface area is 186 Å². The largest absolute Gasteiger partial charge is 0.411 e. The summed E-state index contributed by atoms with van der Waals surface area (Å²) in [5.74, 6) is -0.384. The lowest BCUT2D eigenvalue weighted by Gasteiger charge is -2.31. The van der Waals surface area contributed by atoms with Crippen molar-refractivity contribution in [2.24, 2.45) is 0 Å². The Morgan fingerprint density at radius 2 is 1.82 bits per heavy atom. The molecule has 1 aliphatic heterocycles. The molecule has 2 aromatic heterocycles. The third-order valence-electron chi connectivity index (χ3n) is 4.92. The molecule has 0 spiro atoms. The maximum absolute atomic E-state index is 12.7. The highest BCUT2D eigenvalue weighted by molar-refractivity contribution is 5.90. The van der Waals surface area contributed by atoms with Crippen LogP contribution in [0.5, 0.6) is 0 Å². The van der Waals surface area contributed by atoms with Crippen molar-refractivity contribution in [3.8, 4) is 11.6 Å². The van der Waals surface area contributed by atoms with Crippen LogP contribution < -0.4 is 5.73 Å². The van der Waals surface area contributed by atoms with Gasteiger partial charge in [-0.15, -0.1) is 0 Å². The predicted molar refractivity (Wildman–Crippen MR) is 108 cm³/mol. The van der Waals surface area contributed by atoms with Gasteiger partial charge in [0.15, 0.2) is 0 Å². The monoisotopic (exact) mass is 463 g/mol. The molecule has 0 atom stereocenters. The quantitative estimate of drug-likeness (QED) is 0.584. The summed E-state index contributed by atoms with van der Waals surface area (Å²) in [6.07, 6.45) is -3.99. The summed E-state index contributed by atoms with van der Waals surface area (Å²) in [5.41, 5.74) is 6.77. The number of anilines is 1. The van der Waals surface area contributed by atoms with Crippen LogP contribution in [-0.4, -0.2) is 67.9 Å². The van der Waals surface area contributed by atoms with Crippen LogP contribution in [0.25, 0.3) is 11.6 Å². The molecule has 1 aromatic carbocycles. The zero-order valence-electron chi connectivity index (χ0n) is 17.3. The van der Waals surface area contributed by atoms with E-state index in [1.807, 2.05) is 30.3 Å². The molecule has 1 amide bonds. The molecule has 3 aromatic rings. The number of halogens is 3. The van der Waals surface area contributed by atoms with Crippen molar-refractivity contribution < 1.29 is 27.2 Å². The number of rotatable bonds is 6. The van der Waals surface area contributed by atoms with Crippen LogP contribution in [0.3, 0.4) is 0 Å². The number of amides is 1. The fraction of sp³-hybridized carbons (Fsp3) is 0.400. The van der Waals surface area contributed by atoms with E-state index in [0.717, 1.165) is 5.56 Å². The van der Waals surface area contributed by atoms with E-state index >= 15 is 0 Å². The number of piperidine rings is 1. The molecule has 2 N–H and O–H groups in total. The number of carbonyl (C=O) groups is 1. The highest BCUT2D eigenvalue weighted by atomic mass is 19.4. The lowest BCUT2D eigenvalue weighted by molar-refractivity contribution is -0.188. The Kier molecular flexibility index (Phi) is 6.49. The van der Waals surface area contributed by atoms with Crippen LogP contribution in [0.1, 0.15) is 34.9 Å². The van der Waals surface area contributed by atoms with Crippen LogP contribution >= 0.6 is 0 Å². The van der Waals surface area contributed by atoms with Crippen molar-refractivity contribution in [3.63, 3.8) is 0 Å². The Morgan fingerprint density at radius 3 is 2.52 bits per heavy atom. The van der Waals surface area contributed by atoms with Gasteiger partial charge in [0, 0.05) is 19.5 Å². The number of ether oxygens (including phenoxy) is 1. The number of hydrogen-bond donors (Lipinski definition) is 1. The van der Waals surface area contributed by atoms with E-state index in [4.69, 9.17) is 15.0 Å². The average Bonchev–Trinajstić information content (AvgIpc) is 3.28. The fourth-order valence-corrected chi connectivity index (χ4v) is 3.37. The Morgan fingerprint density at radius 1 is 1.09 bits per heavy atom. The van der Waals surface area contributed by atoms with Gasteiger partial charge in [-0.1, -0.05) is 35.5 Å². The summed E-state index contributed by atoms with van der Waals surface area (Å²) in [4.78, 5) is 30.6. The van der Waals surface area contributed by atoms with Crippen LogP contribution in [0.4, 0.5) is 19.1 Å². The molecule has 13 heteroatoms. The molecule has 10 nitrogen and oxygen atoms in total. The van der Waals surface area contributed by atoms with Crippen LogP contribution in [0, 0.1) is 0 Å². The summed E-state index contributed by atoms with van der Waals surface area (Å²) >= 11 is 0. The Balaban J connectivity index is 1.40. The lowest BCUT2D eigenvalue weighted by atomic mass is 10.1. The zero-order chi connectivity index (χ0) is 23.4. The van der Waals surface area contributed by atoms with E-state index in [1.54, 1.807) is 0 Å². The van der Waals surface area contributed by atoms with Gasteiger partial charge in [-0.2, -0.15) is 28.1 Å². The van der Waals surface area contributed by atoms with Crippen molar-refractivity contribution in [3.05, 3.63) is 47.6 Å². The van der Waals surface area contributed by atoms with Gasteiger partial charge < -0.3 is 19.9 Å². The van der Waals surface area contributed by atoms with Crippen molar-refractivity contribution >= 4 is 11.9 Å². The first-order valence-electron chi connectivity index (χ1n) is 10.1. The van der Waals surface area contributed by atoms with Crippen molar-refractivity contribution in [2.75, 3.05) is 25.4 Å². The summed E-state index contributed by atoms with van der Waals surface area (Å²) in [5, 5.41) is 3.77. The first-order valence-corrected chi connectivity index (χ1v) is 10.1. The fourth-order valence-electron chi connectivity index (χ4n) is 3.37. The molecule has 0 aliphatic carbocycles. The third-order valence-corrected chi connectivity index (χ3v) is 4.92. The lowest BCUT2D eigenvalue weighted by Crippen LogP contribution is -2.41. The van der Waals surface area contributed by atoms with E-state index < -0.39 is 24.8 Å². The minimum absolute atomic E-state index is 0.0230. The van der Waals surface area contributed by atoms with E-state index in [2.05, 4.69) is 25.1 Å². The van der Waals surface area contributed by atoms with E-state index in [0.29, 0.717) is 12.2 Å². The summed E-state index contributed by atoms with van der Waals surface area (Å²) in [6.45, 7) is -0.891. The Bertz CT molecular complexity index is 1100. The first kappa shape index (κ1) is 22.6. The number of alkyl halides is 3. The number of nitrogen functional groups attached to an aromatic ring is 1. The van der Waals surface area contributed by atoms with Crippen LogP contribution in [0.15, 0.2) is 34.9 Å². The van der Waals surface area contributed by atoms with Crippen LogP contribution in [-0.2, 0) is 11.2 Å². The highest BCUT2D eigenvalue weighted by Crippen LogP contribution is 2.21. The molecule has 0 bridgehead atoms. The summed E-state index contributed by atoms with van der Waals surface area (Å²) < 4.78 is 46.8. The van der Waals surface area contributed by atoms with E-state index in [1.165, 1.54) is 4.90 Å². The molecule has 174 valence electrons. The third kappa shape index (κ3) is 6.00. The smallest absolute Gasteiger partial charge is 0.369 e. The summed E-state index contributed by atoms with van der Waals surface area (Å²) in [7, 11) is 0. The maximum atomic E-state index is 12.7. The second-order valence-electron chi connectivity index (χ2n) is 7.44. The molecule has 1 aliphatic rings. The molecule has 33 heavy (non-hydrogen) atoms. The van der Waals surface area contributed by atoms with Gasteiger partial charge in [0.05, 0.1) is 6.10 Å². The maximum Gasteiger partial charge on any atom is 0.411 e. The molecule has 1 saturated heterocycles. The Hall–Kier alpha value is -3.61. The molecular formula is C20H20F3N7O3. The molecular weight excluding hydrogens is 443 g/mol. The standard InChI is InChI=1S/C20H20F3N7O3/c21-20(22,23)11-32-13-6-8-30(9-7-13)18(31)17-27-16(29-33-17)15-25-14(26-19(24)28-15)10-12-4-2-1-3-5-12/h1-5,13H,6-11H2,(H2,24,25,26,28). The molecule has 0 radical (unpaired) electrons. The topological polar surface area (TPSA) is 133 Å². The molecule has 4 rings (SSSR count). The van der Waals surface area contributed by atoms with Gasteiger partial charge >= 0.3 is 18.0 Å². The molecule has 0 unspecified atom stereocenters. The molecule has 3 heterocycles.